The molecule has 2 aromatic rings. The van der Waals surface area contributed by atoms with Crippen molar-refractivity contribution >= 4 is 35.0 Å². The molecule has 1 fully saturated rings. The minimum Gasteiger partial charge on any atom is -0.484 e. The first kappa shape index (κ1) is 24.6. The number of rotatable bonds is 10. The number of thioether (sulfide) groups is 1. The maximum atomic E-state index is 13.2. The van der Waals surface area contributed by atoms with Gasteiger partial charge < -0.3 is 19.9 Å². The second kappa shape index (κ2) is 12.3. The van der Waals surface area contributed by atoms with Crippen LogP contribution in [-0.4, -0.2) is 73.3 Å². The Kier molecular flexibility index (Phi) is 9.18. The highest BCUT2D eigenvalue weighted by Gasteiger charge is 2.28. The first-order valence-electron chi connectivity index (χ1n) is 11.1. The lowest BCUT2D eigenvalue weighted by molar-refractivity contribution is -0.137. The number of para-hydroxylation sites is 1. The van der Waals surface area contributed by atoms with Crippen molar-refractivity contribution < 1.29 is 19.1 Å². The highest BCUT2D eigenvalue weighted by atomic mass is 32.2. The monoisotopic (exact) mass is 469 g/mol. The second-order valence-electron chi connectivity index (χ2n) is 7.92. The van der Waals surface area contributed by atoms with Gasteiger partial charge in [-0.25, -0.2) is 0 Å². The summed E-state index contributed by atoms with van der Waals surface area (Å²) in [7, 11) is 0. The first-order chi connectivity index (χ1) is 16.0. The maximum absolute atomic E-state index is 13.2. The summed E-state index contributed by atoms with van der Waals surface area (Å²) >= 11 is 1.65. The lowest BCUT2D eigenvalue weighted by Gasteiger charge is -2.37. The Balaban J connectivity index is 1.53. The first-order valence-corrected chi connectivity index (χ1v) is 12.5. The molecule has 1 atom stereocenters. The highest BCUT2D eigenvalue weighted by Crippen LogP contribution is 2.18. The maximum Gasteiger partial charge on any atom is 0.258 e. The number of nitrogens with zero attached hydrogens (tertiary/aromatic N) is 2. The van der Waals surface area contributed by atoms with Gasteiger partial charge >= 0.3 is 0 Å². The molecule has 1 aliphatic rings. The Labute approximate surface area is 199 Å². The van der Waals surface area contributed by atoms with Crippen LogP contribution in [0.1, 0.15) is 23.7 Å². The number of hydrogen-bond acceptors (Lipinski definition) is 6. The number of anilines is 1. The predicted octanol–water partition coefficient (Wildman–Crippen LogP) is 2.85. The number of nitrogens with one attached hydrogen (secondary N) is 1. The summed E-state index contributed by atoms with van der Waals surface area (Å²) in [4.78, 5) is 41.1. The van der Waals surface area contributed by atoms with Gasteiger partial charge in [0, 0.05) is 37.4 Å². The van der Waals surface area contributed by atoms with Crippen molar-refractivity contribution in [2.75, 3.05) is 49.7 Å². The van der Waals surface area contributed by atoms with E-state index in [1.54, 1.807) is 30.8 Å². The average Bonchev–Trinajstić information content (AvgIpc) is 2.85. The molecule has 1 N–H and O–H groups in total. The summed E-state index contributed by atoms with van der Waals surface area (Å²) < 4.78 is 5.51. The van der Waals surface area contributed by atoms with Gasteiger partial charge in [-0.2, -0.15) is 11.8 Å². The van der Waals surface area contributed by atoms with E-state index in [9.17, 15) is 14.4 Å². The predicted molar refractivity (Wildman–Crippen MR) is 132 cm³/mol. The zero-order valence-electron chi connectivity index (χ0n) is 19.2. The van der Waals surface area contributed by atoms with Crippen LogP contribution < -0.4 is 15.0 Å². The normalized spacial score (nSPS) is 14.5. The van der Waals surface area contributed by atoms with Gasteiger partial charge in [0.15, 0.2) is 12.4 Å². The van der Waals surface area contributed by atoms with E-state index in [4.69, 9.17) is 4.74 Å². The molecular formula is C25H31N3O4S. The van der Waals surface area contributed by atoms with Gasteiger partial charge in [0.2, 0.25) is 5.91 Å². The smallest absolute Gasteiger partial charge is 0.258 e. The van der Waals surface area contributed by atoms with E-state index in [0.29, 0.717) is 43.9 Å². The van der Waals surface area contributed by atoms with Gasteiger partial charge in [0.1, 0.15) is 11.8 Å². The summed E-state index contributed by atoms with van der Waals surface area (Å²) in [5, 5.41) is 2.86. The molecule has 0 bridgehead atoms. The van der Waals surface area contributed by atoms with Crippen LogP contribution in [0.15, 0.2) is 54.6 Å². The van der Waals surface area contributed by atoms with Crippen molar-refractivity contribution in [3.05, 3.63) is 60.2 Å². The van der Waals surface area contributed by atoms with Crippen molar-refractivity contribution in [1.82, 2.24) is 10.2 Å². The minimum absolute atomic E-state index is 0.0458. The molecule has 0 saturated carbocycles. The Bertz CT molecular complexity index is 928. The molecule has 8 heteroatoms. The average molecular weight is 470 g/mol. The van der Waals surface area contributed by atoms with Gasteiger partial charge in [0.25, 0.3) is 5.91 Å². The van der Waals surface area contributed by atoms with E-state index in [1.807, 2.05) is 53.6 Å². The molecule has 2 amide bonds. The third-order valence-corrected chi connectivity index (χ3v) is 6.23. The number of amides is 2. The van der Waals surface area contributed by atoms with Crippen LogP contribution >= 0.6 is 11.8 Å². The molecule has 33 heavy (non-hydrogen) atoms. The molecule has 1 saturated heterocycles. The summed E-state index contributed by atoms with van der Waals surface area (Å²) in [5.41, 5.74) is 1.73. The summed E-state index contributed by atoms with van der Waals surface area (Å²) in [6.07, 6.45) is 2.56. The van der Waals surface area contributed by atoms with Gasteiger partial charge in [-0.1, -0.05) is 18.2 Å². The highest BCUT2D eigenvalue weighted by molar-refractivity contribution is 7.98. The van der Waals surface area contributed by atoms with Crippen molar-refractivity contribution in [2.24, 2.45) is 0 Å². The van der Waals surface area contributed by atoms with Crippen LogP contribution in [0.5, 0.6) is 5.75 Å². The molecule has 0 aliphatic carbocycles. The Morgan fingerprint density at radius 1 is 1.00 bits per heavy atom. The molecule has 2 aromatic carbocycles. The number of benzene rings is 2. The number of ether oxygens (including phenoxy) is 1. The number of carbonyl (C=O) groups is 3. The van der Waals surface area contributed by atoms with E-state index >= 15 is 0 Å². The SMILES string of the molecule is CSCCC(NC(=O)COc1ccccc1)C(=O)N1CCN(c2ccc(C(C)=O)cc2)CC1. The van der Waals surface area contributed by atoms with Crippen LogP contribution in [-0.2, 0) is 9.59 Å². The molecule has 3 rings (SSSR count). The Hall–Kier alpha value is -3.00. The molecular weight excluding hydrogens is 438 g/mol. The summed E-state index contributed by atoms with van der Waals surface area (Å²) in [6.45, 7) is 3.99. The fourth-order valence-corrected chi connectivity index (χ4v) is 4.18. The summed E-state index contributed by atoms with van der Waals surface area (Å²) in [6, 6.07) is 16.1. The third-order valence-electron chi connectivity index (χ3n) is 5.59. The topological polar surface area (TPSA) is 79.0 Å². The van der Waals surface area contributed by atoms with Crippen LogP contribution in [0.3, 0.4) is 0 Å². The molecule has 0 spiro atoms. The van der Waals surface area contributed by atoms with Gasteiger partial charge in [0.05, 0.1) is 0 Å². The van der Waals surface area contributed by atoms with Crippen LogP contribution in [0.25, 0.3) is 0 Å². The Morgan fingerprint density at radius 3 is 2.27 bits per heavy atom. The van der Waals surface area contributed by atoms with Crippen LogP contribution in [0.2, 0.25) is 0 Å². The largest absolute Gasteiger partial charge is 0.484 e. The zero-order valence-corrected chi connectivity index (χ0v) is 20.0. The molecule has 176 valence electrons. The van der Waals surface area contributed by atoms with Crippen molar-refractivity contribution in [3.8, 4) is 5.75 Å². The number of carbonyl (C=O) groups excluding carboxylic acids is 3. The van der Waals surface area contributed by atoms with Crippen molar-refractivity contribution in [2.45, 2.75) is 19.4 Å². The molecule has 1 unspecified atom stereocenters. The number of hydrogen-bond donors (Lipinski definition) is 1. The number of Topliss-reactive ketones (excluding diaryl/α,β-unsaturated/α-hetero) is 1. The molecule has 0 radical (unpaired) electrons. The van der Waals surface area contributed by atoms with Crippen LogP contribution in [0, 0.1) is 0 Å². The number of ketones is 1. The Morgan fingerprint density at radius 2 is 1.67 bits per heavy atom. The van der Waals surface area contributed by atoms with Crippen molar-refractivity contribution in [3.63, 3.8) is 0 Å². The van der Waals surface area contributed by atoms with E-state index in [-0.39, 0.29) is 24.2 Å². The van der Waals surface area contributed by atoms with E-state index < -0.39 is 6.04 Å². The quantitative estimate of drug-likeness (QED) is 0.539. The standard InChI is InChI=1S/C25H31N3O4S/c1-19(29)20-8-10-21(11-9-20)27-13-15-28(16-14-27)25(31)23(12-17-33-2)26-24(30)18-32-22-6-4-3-5-7-22/h3-11,23H,12-18H2,1-2H3,(H,26,30). The molecule has 1 aliphatic heterocycles. The fourth-order valence-electron chi connectivity index (χ4n) is 3.71. The minimum atomic E-state index is -0.564. The summed E-state index contributed by atoms with van der Waals surface area (Å²) in [5.74, 6) is 1.08. The zero-order chi connectivity index (χ0) is 23.6. The fraction of sp³-hybridized carbons (Fsp3) is 0.400. The third kappa shape index (κ3) is 7.25. The van der Waals surface area contributed by atoms with E-state index in [0.717, 1.165) is 11.4 Å². The molecule has 1 heterocycles. The van der Waals surface area contributed by atoms with Crippen molar-refractivity contribution in [1.29, 1.82) is 0 Å². The van der Waals surface area contributed by atoms with E-state index in [2.05, 4.69) is 10.2 Å². The van der Waals surface area contributed by atoms with Gasteiger partial charge in [-0.3, -0.25) is 14.4 Å². The lowest BCUT2D eigenvalue weighted by atomic mass is 10.1. The van der Waals surface area contributed by atoms with Gasteiger partial charge in [-0.15, -0.1) is 0 Å². The second-order valence-corrected chi connectivity index (χ2v) is 8.90. The van der Waals surface area contributed by atoms with Gasteiger partial charge in [-0.05, 0) is 61.8 Å². The number of piperazine rings is 1. The molecule has 7 nitrogen and oxygen atoms in total. The molecule has 0 aromatic heterocycles. The lowest BCUT2D eigenvalue weighted by Crippen LogP contribution is -2.55. The van der Waals surface area contributed by atoms with E-state index in [1.165, 1.54) is 0 Å². The van der Waals surface area contributed by atoms with Crippen LogP contribution in [0.4, 0.5) is 5.69 Å².